The standard InChI is InChI=1S/C25H32Cl2FN3O4S/c1-5-23(25(33)29-17(2)3)30(16-18-8-13-21(26)22(27)15-18)24(32)7-6-14-31(36(4,34)35)20-11-9-19(28)10-12-20/h8-13,15,17,23H,5-7,14,16H2,1-4H3,(H,29,33)/t23-/m1/s1. The van der Waals surface area contributed by atoms with Gasteiger partial charge in [-0.2, -0.15) is 0 Å². The molecule has 2 aromatic carbocycles. The minimum atomic E-state index is -3.66. The third kappa shape index (κ3) is 8.64. The molecule has 11 heteroatoms. The molecular formula is C25H32Cl2FN3O4S. The van der Waals surface area contributed by atoms with E-state index in [1.54, 1.807) is 18.2 Å². The number of sulfonamides is 1. The molecular weight excluding hydrogens is 528 g/mol. The Morgan fingerprint density at radius 2 is 1.69 bits per heavy atom. The molecule has 0 saturated heterocycles. The minimum Gasteiger partial charge on any atom is -0.352 e. The highest BCUT2D eigenvalue weighted by molar-refractivity contribution is 7.92. The number of carbonyl (C=O) groups excluding carboxylic acids is 2. The van der Waals surface area contributed by atoms with E-state index in [2.05, 4.69) is 5.32 Å². The molecule has 0 radical (unpaired) electrons. The van der Waals surface area contributed by atoms with Gasteiger partial charge in [0.05, 0.1) is 22.0 Å². The second kappa shape index (κ2) is 13.3. The Balaban J connectivity index is 2.23. The predicted molar refractivity (Wildman–Crippen MR) is 142 cm³/mol. The molecule has 0 unspecified atom stereocenters. The molecule has 0 aliphatic heterocycles. The van der Waals surface area contributed by atoms with E-state index >= 15 is 0 Å². The lowest BCUT2D eigenvalue weighted by Crippen LogP contribution is -2.50. The Labute approximate surface area is 222 Å². The van der Waals surface area contributed by atoms with Gasteiger partial charge in [0.25, 0.3) is 0 Å². The predicted octanol–water partition coefficient (Wildman–Crippen LogP) is 5.01. The molecule has 2 aromatic rings. The van der Waals surface area contributed by atoms with Crippen molar-refractivity contribution >= 4 is 50.7 Å². The van der Waals surface area contributed by atoms with E-state index in [1.165, 1.54) is 29.2 Å². The van der Waals surface area contributed by atoms with Crippen molar-refractivity contribution in [3.63, 3.8) is 0 Å². The summed E-state index contributed by atoms with van der Waals surface area (Å²) in [5.41, 5.74) is 1.01. The molecule has 7 nitrogen and oxygen atoms in total. The SMILES string of the molecule is CC[C@H](C(=O)NC(C)C)N(Cc1ccc(Cl)c(Cl)c1)C(=O)CCCN(c1ccc(F)cc1)S(C)(=O)=O. The summed E-state index contributed by atoms with van der Waals surface area (Å²) in [7, 11) is -3.66. The maximum absolute atomic E-state index is 13.4. The van der Waals surface area contributed by atoms with Crippen molar-refractivity contribution in [3.05, 3.63) is 63.9 Å². The monoisotopic (exact) mass is 559 g/mol. The Bertz CT molecular complexity index is 1160. The highest BCUT2D eigenvalue weighted by Crippen LogP contribution is 2.25. The number of nitrogens with one attached hydrogen (secondary N) is 1. The quantitative estimate of drug-likeness (QED) is 0.396. The first kappa shape index (κ1) is 29.9. The Morgan fingerprint density at radius 1 is 1.06 bits per heavy atom. The third-order valence-corrected chi connectivity index (χ3v) is 7.35. The largest absolute Gasteiger partial charge is 0.352 e. The van der Waals surface area contributed by atoms with Gasteiger partial charge in [0.1, 0.15) is 11.9 Å². The van der Waals surface area contributed by atoms with Gasteiger partial charge in [-0.05, 0) is 68.7 Å². The van der Waals surface area contributed by atoms with Gasteiger partial charge in [-0.15, -0.1) is 0 Å². The highest BCUT2D eigenvalue weighted by atomic mass is 35.5. The average molecular weight is 561 g/mol. The summed E-state index contributed by atoms with van der Waals surface area (Å²) in [5, 5.41) is 3.57. The number of hydrogen-bond acceptors (Lipinski definition) is 4. The first-order valence-corrected chi connectivity index (χ1v) is 14.2. The molecule has 0 heterocycles. The van der Waals surface area contributed by atoms with E-state index in [0.717, 1.165) is 10.6 Å². The van der Waals surface area contributed by atoms with Crippen molar-refractivity contribution in [1.29, 1.82) is 0 Å². The fourth-order valence-corrected chi connectivity index (χ4v) is 5.03. The van der Waals surface area contributed by atoms with Crippen LogP contribution in [0.15, 0.2) is 42.5 Å². The second-order valence-electron chi connectivity index (χ2n) is 8.77. The number of rotatable bonds is 12. The van der Waals surface area contributed by atoms with Crippen LogP contribution in [0.5, 0.6) is 0 Å². The number of amides is 2. The van der Waals surface area contributed by atoms with Crippen LogP contribution in [0.2, 0.25) is 10.0 Å². The summed E-state index contributed by atoms with van der Waals surface area (Å²) in [6.45, 7) is 5.65. The number of anilines is 1. The van der Waals surface area contributed by atoms with Crippen molar-refractivity contribution in [1.82, 2.24) is 10.2 Å². The van der Waals surface area contributed by atoms with Crippen LogP contribution in [-0.2, 0) is 26.2 Å². The molecule has 1 atom stereocenters. The zero-order valence-electron chi connectivity index (χ0n) is 20.8. The van der Waals surface area contributed by atoms with E-state index in [0.29, 0.717) is 27.7 Å². The van der Waals surface area contributed by atoms with Crippen LogP contribution in [0.25, 0.3) is 0 Å². The van der Waals surface area contributed by atoms with Crippen LogP contribution in [0.3, 0.4) is 0 Å². The van der Waals surface area contributed by atoms with E-state index in [-0.39, 0.29) is 43.8 Å². The molecule has 1 N–H and O–H groups in total. The molecule has 0 fully saturated rings. The molecule has 0 spiro atoms. The van der Waals surface area contributed by atoms with E-state index < -0.39 is 21.9 Å². The molecule has 2 amide bonds. The lowest BCUT2D eigenvalue weighted by atomic mass is 10.1. The van der Waals surface area contributed by atoms with Gasteiger partial charge >= 0.3 is 0 Å². The summed E-state index contributed by atoms with van der Waals surface area (Å²) < 4.78 is 39.1. The highest BCUT2D eigenvalue weighted by Gasteiger charge is 2.29. The zero-order valence-corrected chi connectivity index (χ0v) is 23.1. The van der Waals surface area contributed by atoms with E-state index in [9.17, 15) is 22.4 Å². The molecule has 0 saturated carbocycles. The maximum Gasteiger partial charge on any atom is 0.243 e. The van der Waals surface area contributed by atoms with E-state index in [4.69, 9.17) is 23.2 Å². The summed E-state index contributed by atoms with van der Waals surface area (Å²) in [5.74, 6) is -1.06. The Morgan fingerprint density at radius 3 is 2.22 bits per heavy atom. The molecule has 36 heavy (non-hydrogen) atoms. The first-order valence-electron chi connectivity index (χ1n) is 11.6. The van der Waals surface area contributed by atoms with Crippen LogP contribution in [0.4, 0.5) is 10.1 Å². The molecule has 0 aliphatic carbocycles. The number of hydrogen-bond donors (Lipinski definition) is 1. The van der Waals surface area contributed by atoms with Crippen LogP contribution < -0.4 is 9.62 Å². The summed E-state index contributed by atoms with van der Waals surface area (Å²) in [6, 6.07) is 9.29. The average Bonchev–Trinajstić information content (AvgIpc) is 2.78. The first-order chi connectivity index (χ1) is 16.8. The Kier molecular flexibility index (Phi) is 11.0. The lowest BCUT2D eigenvalue weighted by Gasteiger charge is -2.31. The zero-order chi connectivity index (χ0) is 27.0. The Hall–Kier alpha value is -2.36. The van der Waals surface area contributed by atoms with Gasteiger partial charge in [0.15, 0.2) is 0 Å². The number of nitrogens with zero attached hydrogens (tertiary/aromatic N) is 2. The minimum absolute atomic E-state index is 0.00000482. The van der Waals surface area contributed by atoms with Gasteiger partial charge in [-0.25, -0.2) is 12.8 Å². The van der Waals surface area contributed by atoms with Crippen LogP contribution in [0, 0.1) is 5.82 Å². The summed E-state index contributed by atoms with van der Waals surface area (Å²) >= 11 is 12.2. The van der Waals surface area contributed by atoms with Crippen molar-refractivity contribution in [2.45, 2.75) is 58.7 Å². The van der Waals surface area contributed by atoms with Gasteiger partial charge < -0.3 is 10.2 Å². The van der Waals surface area contributed by atoms with Crippen molar-refractivity contribution in [2.75, 3.05) is 17.1 Å². The van der Waals surface area contributed by atoms with Gasteiger partial charge in [0, 0.05) is 25.6 Å². The fourth-order valence-electron chi connectivity index (χ4n) is 3.75. The fraction of sp³-hybridized carbons (Fsp3) is 0.440. The van der Waals surface area contributed by atoms with Crippen molar-refractivity contribution < 1.29 is 22.4 Å². The number of halogens is 3. The molecule has 198 valence electrons. The van der Waals surface area contributed by atoms with Crippen LogP contribution >= 0.6 is 23.2 Å². The van der Waals surface area contributed by atoms with E-state index in [1.807, 2.05) is 20.8 Å². The molecule has 0 aliphatic rings. The van der Waals surface area contributed by atoms with Gasteiger partial charge in [-0.3, -0.25) is 13.9 Å². The molecule has 0 bridgehead atoms. The van der Waals surface area contributed by atoms with Crippen LogP contribution in [-0.4, -0.2) is 50.0 Å². The lowest BCUT2D eigenvalue weighted by molar-refractivity contribution is -0.141. The normalized spacial score (nSPS) is 12.3. The molecule has 0 aromatic heterocycles. The topological polar surface area (TPSA) is 86.8 Å². The third-order valence-electron chi connectivity index (χ3n) is 5.42. The van der Waals surface area contributed by atoms with Gasteiger partial charge in [0.2, 0.25) is 21.8 Å². The summed E-state index contributed by atoms with van der Waals surface area (Å²) in [4.78, 5) is 27.8. The van der Waals surface area contributed by atoms with Crippen molar-refractivity contribution in [2.24, 2.45) is 0 Å². The second-order valence-corrected chi connectivity index (χ2v) is 11.5. The van der Waals surface area contributed by atoms with Gasteiger partial charge in [-0.1, -0.05) is 36.2 Å². The maximum atomic E-state index is 13.4. The number of carbonyl (C=O) groups is 2. The van der Waals surface area contributed by atoms with Crippen LogP contribution in [0.1, 0.15) is 45.6 Å². The number of benzene rings is 2. The summed E-state index contributed by atoms with van der Waals surface area (Å²) in [6.07, 6.45) is 1.64. The smallest absolute Gasteiger partial charge is 0.243 e. The molecule has 2 rings (SSSR count). The van der Waals surface area contributed by atoms with Crippen molar-refractivity contribution in [3.8, 4) is 0 Å².